The van der Waals surface area contributed by atoms with Gasteiger partial charge in [-0.2, -0.15) is 0 Å². The Morgan fingerprint density at radius 2 is 1.85 bits per heavy atom. The van der Waals surface area contributed by atoms with E-state index in [1.807, 2.05) is 49.4 Å². The highest BCUT2D eigenvalue weighted by molar-refractivity contribution is 9.10. The smallest absolute Gasteiger partial charge is 0.260 e. The second-order valence-corrected chi connectivity index (χ2v) is 8.95. The number of halogens is 1. The number of hydrogen-bond acceptors (Lipinski definition) is 4. The standard InChI is InChI=1S/C20H15BrN2OS2/c1-12-16(14-5-3-2-4-6-14)17-18(24)22-20(23-19(17)26-12)25-11-13-7-9-15(21)10-8-13/h2-10H,11H2,1H3,(H,22,23,24). The summed E-state index contributed by atoms with van der Waals surface area (Å²) in [4.78, 5) is 22.3. The maximum atomic E-state index is 12.8. The molecule has 0 aliphatic carbocycles. The summed E-state index contributed by atoms with van der Waals surface area (Å²) in [5.74, 6) is 0.762. The summed E-state index contributed by atoms with van der Waals surface area (Å²) in [5, 5.41) is 1.35. The Morgan fingerprint density at radius 1 is 1.12 bits per heavy atom. The van der Waals surface area contributed by atoms with Gasteiger partial charge in [-0.15, -0.1) is 11.3 Å². The lowest BCUT2D eigenvalue weighted by Crippen LogP contribution is -2.08. The van der Waals surface area contributed by atoms with Crippen LogP contribution in [-0.2, 0) is 5.75 Å². The first kappa shape index (κ1) is 17.5. The van der Waals surface area contributed by atoms with Crippen LogP contribution in [0.1, 0.15) is 10.4 Å². The number of nitrogens with one attached hydrogen (secondary N) is 1. The minimum Gasteiger partial charge on any atom is -0.301 e. The molecule has 0 aliphatic rings. The van der Waals surface area contributed by atoms with Crippen molar-refractivity contribution in [3.05, 3.63) is 79.9 Å². The number of thiophene rings is 1. The van der Waals surface area contributed by atoms with Gasteiger partial charge in [-0.05, 0) is 30.2 Å². The highest BCUT2D eigenvalue weighted by Gasteiger charge is 2.16. The zero-order valence-corrected chi connectivity index (χ0v) is 17.2. The van der Waals surface area contributed by atoms with Gasteiger partial charge in [0, 0.05) is 20.7 Å². The summed E-state index contributed by atoms with van der Waals surface area (Å²) in [6.07, 6.45) is 0. The molecule has 0 spiro atoms. The average Bonchev–Trinajstić information content (AvgIpc) is 2.98. The normalized spacial score (nSPS) is 11.2. The molecule has 0 saturated heterocycles. The van der Waals surface area contributed by atoms with Crippen molar-refractivity contribution < 1.29 is 0 Å². The molecule has 0 amide bonds. The molecule has 2 aromatic heterocycles. The molecule has 0 unspecified atom stereocenters. The molecule has 6 heteroatoms. The minimum atomic E-state index is -0.0727. The summed E-state index contributed by atoms with van der Waals surface area (Å²) in [7, 11) is 0. The summed E-state index contributed by atoms with van der Waals surface area (Å²) in [6, 6.07) is 18.2. The van der Waals surface area contributed by atoms with Crippen molar-refractivity contribution in [2.75, 3.05) is 0 Å². The first-order valence-corrected chi connectivity index (χ1v) is 10.7. The van der Waals surface area contributed by atoms with Crippen LogP contribution in [0.4, 0.5) is 0 Å². The SMILES string of the molecule is Cc1sc2nc(SCc3ccc(Br)cc3)[nH]c(=O)c2c1-c1ccccc1. The van der Waals surface area contributed by atoms with Crippen LogP contribution in [0, 0.1) is 6.92 Å². The molecule has 4 aromatic rings. The highest BCUT2D eigenvalue weighted by atomic mass is 79.9. The zero-order chi connectivity index (χ0) is 18.1. The predicted molar refractivity (Wildman–Crippen MR) is 114 cm³/mol. The van der Waals surface area contributed by atoms with Crippen LogP contribution in [0.5, 0.6) is 0 Å². The van der Waals surface area contributed by atoms with Gasteiger partial charge < -0.3 is 4.98 Å². The Hall–Kier alpha value is -1.89. The van der Waals surface area contributed by atoms with E-state index < -0.39 is 0 Å². The minimum absolute atomic E-state index is 0.0727. The Balaban J connectivity index is 1.69. The second-order valence-electron chi connectivity index (χ2n) is 5.87. The van der Waals surface area contributed by atoms with E-state index in [-0.39, 0.29) is 5.56 Å². The fraction of sp³-hybridized carbons (Fsp3) is 0.100. The zero-order valence-electron chi connectivity index (χ0n) is 14.0. The quantitative estimate of drug-likeness (QED) is 0.310. The van der Waals surface area contributed by atoms with Crippen LogP contribution in [-0.4, -0.2) is 9.97 Å². The number of nitrogens with zero attached hydrogens (tertiary/aromatic N) is 1. The van der Waals surface area contributed by atoms with Gasteiger partial charge in [0.25, 0.3) is 5.56 Å². The van der Waals surface area contributed by atoms with Gasteiger partial charge in [-0.25, -0.2) is 4.98 Å². The Morgan fingerprint density at radius 3 is 2.58 bits per heavy atom. The van der Waals surface area contributed by atoms with E-state index in [0.717, 1.165) is 31.1 Å². The van der Waals surface area contributed by atoms with E-state index in [1.54, 1.807) is 23.1 Å². The molecule has 0 fully saturated rings. The first-order valence-electron chi connectivity index (χ1n) is 8.08. The van der Waals surface area contributed by atoms with Crippen LogP contribution in [0.3, 0.4) is 0 Å². The Labute approximate surface area is 167 Å². The Kier molecular flexibility index (Phi) is 4.98. The molecule has 0 saturated carbocycles. The maximum Gasteiger partial charge on any atom is 0.260 e. The van der Waals surface area contributed by atoms with Crippen LogP contribution < -0.4 is 5.56 Å². The van der Waals surface area contributed by atoms with Crippen LogP contribution in [0.15, 0.2) is 69.0 Å². The van der Waals surface area contributed by atoms with Gasteiger partial charge in [0.05, 0.1) is 5.39 Å². The van der Waals surface area contributed by atoms with Crippen LogP contribution >= 0.6 is 39.0 Å². The molecule has 3 nitrogen and oxygen atoms in total. The van der Waals surface area contributed by atoms with E-state index in [4.69, 9.17) is 4.98 Å². The van der Waals surface area contributed by atoms with Gasteiger partial charge in [0.1, 0.15) is 4.83 Å². The molecule has 0 bridgehead atoms. The Bertz CT molecular complexity index is 1120. The number of thioether (sulfide) groups is 1. The number of fused-ring (bicyclic) bond motifs is 1. The average molecular weight is 443 g/mol. The second kappa shape index (κ2) is 7.39. The molecule has 0 atom stereocenters. The summed E-state index contributed by atoms with van der Waals surface area (Å²) >= 11 is 6.56. The summed E-state index contributed by atoms with van der Waals surface area (Å²) in [6.45, 7) is 2.04. The van der Waals surface area contributed by atoms with Crippen molar-refractivity contribution in [2.45, 2.75) is 17.8 Å². The van der Waals surface area contributed by atoms with Crippen molar-refractivity contribution in [1.82, 2.24) is 9.97 Å². The van der Waals surface area contributed by atoms with Crippen molar-refractivity contribution in [3.63, 3.8) is 0 Å². The first-order chi connectivity index (χ1) is 12.6. The number of aromatic amines is 1. The molecule has 4 rings (SSSR count). The van der Waals surface area contributed by atoms with E-state index in [0.29, 0.717) is 10.5 Å². The largest absolute Gasteiger partial charge is 0.301 e. The van der Waals surface area contributed by atoms with Crippen molar-refractivity contribution in [1.29, 1.82) is 0 Å². The molecule has 26 heavy (non-hydrogen) atoms. The lowest BCUT2D eigenvalue weighted by Gasteiger charge is -2.03. The number of hydrogen-bond donors (Lipinski definition) is 1. The van der Waals surface area contributed by atoms with Crippen molar-refractivity contribution in [2.24, 2.45) is 0 Å². The van der Waals surface area contributed by atoms with E-state index in [9.17, 15) is 4.79 Å². The number of aryl methyl sites for hydroxylation is 1. The van der Waals surface area contributed by atoms with Crippen LogP contribution in [0.2, 0.25) is 0 Å². The third-order valence-corrected chi connectivity index (χ3v) is 6.54. The van der Waals surface area contributed by atoms with E-state index in [2.05, 4.69) is 33.0 Å². The maximum absolute atomic E-state index is 12.8. The van der Waals surface area contributed by atoms with Gasteiger partial charge in [-0.1, -0.05) is 70.2 Å². The summed E-state index contributed by atoms with van der Waals surface area (Å²) < 4.78 is 1.06. The molecule has 0 radical (unpaired) electrons. The third kappa shape index (κ3) is 3.49. The fourth-order valence-corrected chi connectivity index (χ4v) is 5.04. The lowest BCUT2D eigenvalue weighted by atomic mass is 10.0. The molecule has 1 N–H and O–H groups in total. The third-order valence-electron chi connectivity index (χ3n) is 4.07. The van der Waals surface area contributed by atoms with Crippen molar-refractivity contribution in [3.8, 4) is 11.1 Å². The number of benzene rings is 2. The number of aromatic nitrogens is 2. The van der Waals surface area contributed by atoms with Gasteiger partial charge >= 0.3 is 0 Å². The van der Waals surface area contributed by atoms with Gasteiger partial charge in [-0.3, -0.25) is 4.79 Å². The van der Waals surface area contributed by atoms with E-state index in [1.165, 1.54) is 5.56 Å². The lowest BCUT2D eigenvalue weighted by molar-refractivity contribution is 0.980. The predicted octanol–water partition coefficient (Wildman–Crippen LogP) is 6.01. The molecule has 2 heterocycles. The molecular formula is C20H15BrN2OS2. The van der Waals surface area contributed by atoms with Crippen molar-refractivity contribution >= 4 is 49.2 Å². The van der Waals surface area contributed by atoms with E-state index >= 15 is 0 Å². The molecular weight excluding hydrogens is 428 g/mol. The number of H-pyrrole nitrogens is 1. The molecule has 2 aromatic carbocycles. The monoisotopic (exact) mass is 442 g/mol. The number of rotatable bonds is 4. The fourth-order valence-electron chi connectivity index (χ4n) is 2.85. The van der Waals surface area contributed by atoms with Crippen LogP contribution in [0.25, 0.3) is 21.3 Å². The van der Waals surface area contributed by atoms with Gasteiger partial charge in [0.2, 0.25) is 0 Å². The topological polar surface area (TPSA) is 45.8 Å². The molecule has 0 aliphatic heterocycles. The summed E-state index contributed by atoms with van der Waals surface area (Å²) in [5.41, 5.74) is 3.16. The van der Waals surface area contributed by atoms with Gasteiger partial charge in [0.15, 0.2) is 5.16 Å². The molecule has 130 valence electrons. The highest BCUT2D eigenvalue weighted by Crippen LogP contribution is 2.36.